The molecule has 1 aromatic heterocycles. The van der Waals surface area contributed by atoms with Crippen LogP contribution in [0.25, 0.3) is 10.9 Å². The third kappa shape index (κ3) is 1.25. The van der Waals surface area contributed by atoms with Crippen LogP contribution >= 0.6 is 15.9 Å². The molecule has 66 valence electrons. The molecule has 0 bridgehead atoms. The van der Waals surface area contributed by atoms with Crippen LogP contribution in [0.15, 0.2) is 16.6 Å². The second-order valence-corrected chi connectivity index (χ2v) is 3.39. The highest BCUT2D eigenvalue weighted by Gasteiger charge is 2.08. The van der Waals surface area contributed by atoms with Crippen LogP contribution in [0.2, 0.25) is 0 Å². The summed E-state index contributed by atoms with van der Waals surface area (Å²) in [4.78, 5) is 10.5. The van der Waals surface area contributed by atoms with Crippen molar-refractivity contribution in [1.29, 1.82) is 0 Å². The summed E-state index contributed by atoms with van der Waals surface area (Å²) in [5.74, 6) is -0.399. The number of aromatic amines is 1. The maximum atomic E-state index is 12.9. The molecule has 5 heteroatoms. The van der Waals surface area contributed by atoms with Gasteiger partial charge in [0.2, 0.25) is 0 Å². The topological polar surface area (TPSA) is 45.8 Å². The maximum absolute atomic E-state index is 12.9. The number of hydrogen-bond donors (Lipinski definition) is 1. The summed E-state index contributed by atoms with van der Waals surface area (Å²) >= 11 is 3.15. The fraction of sp³-hybridized carbons (Fsp3) is 0. The SMILES string of the molecule is O=Cc1[nH]nc2c(Br)cc(F)cc12. The van der Waals surface area contributed by atoms with E-state index in [-0.39, 0.29) is 5.69 Å². The number of benzene rings is 1. The molecule has 1 heterocycles. The summed E-state index contributed by atoms with van der Waals surface area (Å²) in [5.41, 5.74) is 0.846. The van der Waals surface area contributed by atoms with E-state index in [0.717, 1.165) is 0 Å². The number of aldehydes is 1. The highest BCUT2D eigenvalue weighted by atomic mass is 79.9. The number of hydrogen-bond acceptors (Lipinski definition) is 2. The Morgan fingerprint density at radius 1 is 1.54 bits per heavy atom. The average molecular weight is 243 g/mol. The van der Waals surface area contributed by atoms with Gasteiger partial charge in [0, 0.05) is 9.86 Å². The minimum absolute atomic E-state index is 0.287. The molecular weight excluding hydrogens is 239 g/mol. The number of carbonyl (C=O) groups is 1. The van der Waals surface area contributed by atoms with Crippen LogP contribution in [0.1, 0.15) is 10.5 Å². The predicted octanol–water partition coefficient (Wildman–Crippen LogP) is 2.28. The zero-order valence-electron chi connectivity index (χ0n) is 6.34. The van der Waals surface area contributed by atoms with Crippen molar-refractivity contribution in [2.75, 3.05) is 0 Å². The molecule has 0 amide bonds. The number of halogens is 2. The lowest BCUT2D eigenvalue weighted by molar-refractivity contribution is 0.112. The van der Waals surface area contributed by atoms with Crippen molar-refractivity contribution in [2.24, 2.45) is 0 Å². The number of nitrogens with zero attached hydrogens (tertiary/aromatic N) is 1. The van der Waals surface area contributed by atoms with E-state index in [1.54, 1.807) is 0 Å². The van der Waals surface area contributed by atoms with Crippen molar-refractivity contribution in [2.45, 2.75) is 0 Å². The summed E-state index contributed by atoms with van der Waals surface area (Å²) in [5, 5.41) is 6.86. The number of carbonyl (C=O) groups excluding carboxylic acids is 1. The molecule has 1 N–H and O–H groups in total. The molecule has 0 saturated carbocycles. The van der Waals surface area contributed by atoms with Crippen LogP contribution in [-0.2, 0) is 0 Å². The van der Waals surface area contributed by atoms with Gasteiger partial charge in [-0.1, -0.05) is 0 Å². The number of nitrogens with one attached hydrogen (secondary N) is 1. The van der Waals surface area contributed by atoms with E-state index in [1.165, 1.54) is 12.1 Å². The number of rotatable bonds is 1. The third-order valence-corrected chi connectivity index (χ3v) is 2.33. The van der Waals surface area contributed by atoms with Crippen LogP contribution < -0.4 is 0 Å². The first-order chi connectivity index (χ1) is 6.22. The molecular formula is C8H4BrFN2O. The molecule has 0 unspecified atom stereocenters. The second-order valence-electron chi connectivity index (χ2n) is 2.54. The van der Waals surface area contributed by atoms with Gasteiger partial charge in [-0.05, 0) is 28.1 Å². The van der Waals surface area contributed by atoms with Gasteiger partial charge in [-0.3, -0.25) is 9.89 Å². The fourth-order valence-electron chi connectivity index (χ4n) is 1.15. The smallest absolute Gasteiger partial charge is 0.168 e. The van der Waals surface area contributed by atoms with Crippen LogP contribution in [0.3, 0.4) is 0 Å². The van der Waals surface area contributed by atoms with E-state index in [2.05, 4.69) is 26.1 Å². The molecule has 0 aliphatic carbocycles. The van der Waals surface area contributed by atoms with Gasteiger partial charge < -0.3 is 0 Å². The lowest BCUT2D eigenvalue weighted by Crippen LogP contribution is -1.80. The molecule has 0 saturated heterocycles. The zero-order chi connectivity index (χ0) is 9.42. The Bertz CT molecular complexity index is 480. The van der Waals surface area contributed by atoms with E-state index in [9.17, 15) is 9.18 Å². The minimum atomic E-state index is -0.399. The maximum Gasteiger partial charge on any atom is 0.168 e. The largest absolute Gasteiger partial charge is 0.296 e. The predicted molar refractivity (Wildman–Crippen MR) is 49.1 cm³/mol. The van der Waals surface area contributed by atoms with Crippen molar-refractivity contribution in [3.63, 3.8) is 0 Å². The Labute approximate surface area is 81.1 Å². The van der Waals surface area contributed by atoms with E-state index in [1.807, 2.05) is 0 Å². The summed E-state index contributed by atoms with van der Waals surface area (Å²) in [6.45, 7) is 0. The number of fused-ring (bicyclic) bond motifs is 1. The molecule has 0 radical (unpaired) electrons. The van der Waals surface area contributed by atoms with Gasteiger partial charge in [0.15, 0.2) is 6.29 Å². The van der Waals surface area contributed by atoms with E-state index in [4.69, 9.17) is 0 Å². The molecule has 0 aliphatic heterocycles. The van der Waals surface area contributed by atoms with Crippen LogP contribution in [0, 0.1) is 5.82 Å². The Morgan fingerprint density at radius 3 is 3.00 bits per heavy atom. The average Bonchev–Trinajstić information content (AvgIpc) is 2.47. The molecule has 0 spiro atoms. The van der Waals surface area contributed by atoms with Gasteiger partial charge in [-0.15, -0.1) is 0 Å². The molecule has 0 fully saturated rings. The van der Waals surface area contributed by atoms with Gasteiger partial charge in [0.05, 0.1) is 0 Å². The summed E-state index contributed by atoms with van der Waals surface area (Å²) in [6.07, 6.45) is 0.612. The van der Waals surface area contributed by atoms with Crippen molar-refractivity contribution in [3.05, 3.63) is 28.1 Å². The van der Waals surface area contributed by atoms with Gasteiger partial charge in [0.25, 0.3) is 0 Å². The molecule has 2 aromatic rings. The Hall–Kier alpha value is -1.23. The minimum Gasteiger partial charge on any atom is -0.296 e. The lowest BCUT2D eigenvalue weighted by atomic mass is 10.2. The first-order valence-corrected chi connectivity index (χ1v) is 4.30. The Morgan fingerprint density at radius 2 is 2.31 bits per heavy atom. The van der Waals surface area contributed by atoms with Crippen molar-refractivity contribution < 1.29 is 9.18 Å². The monoisotopic (exact) mass is 242 g/mol. The highest BCUT2D eigenvalue weighted by molar-refractivity contribution is 9.10. The fourth-order valence-corrected chi connectivity index (χ4v) is 1.67. The molecule has 3 nitrogen and oxygen atoms in total. The molecule has 0 aliphatic rings. The Balaban J connectivity index is 2.89. The zero-order valence-corrected chi connectivity index (χ0v) is 7.93. The highest BCUT2D eigenvalue weighted by Crippen LogP contribution is 2.24. The summed E-state index contributed by atoms with van der Waals surface area (Å²) in [6, 6.07) is 2.57. The summed E-state index contributed by atoms with van der Waals surface area (Å²) < 4.78 is 13.4. The van der Waals surface area contributed by atoms with E-state index < -0.39 is 5.82 Å². The summed E-state index contributed by atoms with van der Waals surface area (Å²) in [7, 11) is 0. The van der Waals surface area contributed by atoms with Crippen molar-refractivity contribution >= 4 is 33.1 Å². The number of H-pyrrole nitrogens is 1. The quantitative estimate of drug-likeness (QED) is 0.781. The van der Waals surface area contributed by atoms with E-state index in [0.29, 0.717) is 21.7 Å². The van der Waals surface area contributed by atoms with Gasteiger partial charge in [-0.2, -0.15) is 5.10 Å². The Kier molecular flexibility index (Phi) is 1.88. The third-order valence-electron chi connectivity index (χ3n) is 1.72. The van der Waals surface area contributed by atoms with Crippen molar-refractivity contribution in [1.82, 2.24) is 10.2 Å². The van der Waals surface area contributed by atoms with Crippen molar-refractivity contribution in [3.8, 4) is 0 Å². The van der Waals surface area contributed by atoms with Crippen LogP contribution in [-0.4, -0.2) is 16.5 Å². The molecule has 13 heavy (non-hydrogen) atoms. The van der Waals surface area contributed by atoms with Gasteiger partial charge in [0.1, 0.15) is 17.0 Å². The van der Waals surface area contributed by atoms with Gasteiger partial charge in [-0.25, -0.2) is 4.39 Å². The van der Waals surface area contributed by atoms with E-state index >= 15 is 0 Å². The standard InChI is InChI=1S/C8H4BrFN2O/c9-6-2-4(10)1-5-7(3-13)11-12-8(5)6/h1-3H,(H,11,12). The van der Waals surface area contributed by atoms with Crippen LogP contribution in [0.5, 0.6) is 0 Å². The van der Waals surface area contributed by atoms with Gasteiger partial charge >= 0.3 is 0 Å². The molecule has 2 rings (SSSR count). The first-order valence-electron chi connectivity index (χ1n) is 3.50. The number of aromatic nitrogens is 2. The lowest BCUT2D eigenvalue weighted by Gasteiger charge is -1.92. The van der Waals surface area contributed by atoms with Crippen LogP contribution in [0.4, 0.5) is 4.39 Å². The second kappa shape index (κ2) is 2.92. The normalized spacial score (nSPS) is 10.6. The molecule has 1 aromatic carbocycles. The molecule has 0 atom stereocenters. The first kappa shape index (κ1) is 8.37.